The molecule has 0 spiro atoms. The predicted molar refractivity (Wildman–Crippen MR) is 191 cm³/mol. The standard InChI is InChI=1S/C40H35N5O5/c1-48-30-12-8-11-27(24-30)37-40(25-28-10-2-7-17-35(28)44-45-41,43-38(50-37)26-18-20-29(21-19-26)49-23-9-22-46)39(47)42-36-33-15-5-3-13-31(33)32-14-4-6-16-34(32)36/h2-8,10-21,24,36-37,46H,9,22-23,25H2,1H3,(H,42,47)/t37-,40-/m1/s1. The first-order chi connectivity index (χ1) is 24.5. The van der Waals surface area contributed by atoms with Crippen molar-refractivity contribution in [2.75, 3.05) is 20.3 Å². The zero-order valence-electron chi connectivity index (χ0n) is 27.4. The van der Waals surface area contributed by atoms with Gasteiger partial charge in [0.15, 0.2) is 11.6 Å². The maximum Gasteiger partial charge on any atom is 0.253 e. The number of aliphatic imine (C=N–C) groups is 1. The van der Waals surface area contributed by atoms with Gasteiger partial charge in [0.2, 0.25) is 5.90 Å². The lowest BCUT2D eigenvalue weighted by molar-refractivity contribution is -0.129. The van der Waals surface area contributed by atoms with Gasteiger partial charge in [-0.15, -0.1) is 0 Å². The van der Waals surface area contributed by atoms with Crippen LogP contribution in [0.2, 0.25) is 0 Å². The molecule has 2 N–H and O–H groups in total. The van der Waals surface area contributed by atoms with Crippen molar-refractivity contribution in [2.45, 2.75) is 30.5 Å². The molecule has 0 fully saturated rings. The molecule has 10 heteroatoms. The first-order valence-corrected chi connectivity index (χ1v) is 16.4. The molecule has 1 heterocycles. The third-order valence-electron chi connectivity index (χ3n) is 9.14. The van der Waals surface area contributed by atoms with Crippen LogP contribution in [0.4, 0.5) is 5.69 Å². The van der Waals surface area contributed by atoms with E-state index < -0.39 is 17.7 Å². The SMILES string of the molecule is COc1cccc([C@H]2OC(c3ccc(OCCCO)cc3)=N[C@@]2(Cc2ccccc2N=[N+]=[N-])C(=O)NC2c3ccccc3-c3ccccc32)c1. The Morgan fingerprint density at radius 2 is 1.62 bits per heavy atom. The number of amides is 1. The Bertz CT molecular complexity index is 2060. The number of fused-ring (bicyclic) bond motifs is 3. The Hall–Kier alpha value is -6.09. The summed E-state index contributed by atoms with van der Waals surface area (Å²) in [6, 6.07) is 37.6. The number of ether oxygens (including phenoxy) is 3. The summed E-state index contributed by atoms with van der Waals surface area (Å²) in [6.45, 7) is 0.422. The van der Waals surface area contributed by atoms with Crippen LogP contribution in [0.1, 0.15) is 46.4 Å². The molecule has 1 amide bonds. The predicted octanol–water partition coefficient (Wildman–Crippen LogP) is 7.78. The van der Waals surface area contributed by atoms with E-state index in [1.807, 2.05) is 97.1 Å². The van der Waals surface area contributed by atoms with Gasteiger partial charge >= 0.3 is 0 Å². The van der Waals surface area contributed by atoms with Crippen LogP contribution in [-0.4, -0.2) is 42.8 Å². The van der Waals surface area contributed by atoms with Crippen LogP contribution in [0.25, 0.3) is 21.6 Å². The largest absolute Gasteiger partial charge is 0.497 e. The molecular formula is C40H35N5O5. The van der Waals surface area contributed by atoms with Crippen molar-refractivity contribution in [3.8, 4) is 22.6 Å². The molecule has 2 atom stereocenters. The van der Waals surface area contributed by atoms with Gasteiger partial charge in [-0.1, -0.05) is 90.0 Å². The number of nitrogens with one attached hydrogen (secondary N) is 1. The van der Waals surface area contributed by atoms with Crippen molar-refractivity contribution in [3.63, 3.8) is 0 Å². The quantitative estimate of drug-likeness (QED) is 0.0607. The summed E-state index contributed by atoms with van der Waals surface area (Å²) in [5.41, 5.74) is 14.4. The molecule has 0 saturated carbocycles. The zero-order valence-corrected chi connectivity index (χ0v) is 27.4. The fourth-order valence-electron chi connectivity index (χ4n) is 6.75. The average molecular weight is 666 g/mol. The van der Waals surface area contributed by atoms with E-state index in [9.17, 15) is 5.53 Å². The van der Waals surface area contributed by atoms with E-state index in [2.05, 4.69) is 27.5 Å². The summed E-state index contributed by atoms with van der Waals surface area (Å²) in [6.07, 6.45) is -0.304. The average Bonchev–Trinajstić information content (AvgIpc) is 3.70. The highest BCUT2D eigenvalue weighted by Crippen LogP contribution is 2.47. The lowest BCUT2D eigenvalue weighted by Gasteiger charge is -2.32. The number of aliphatic hydroxyl groups excluding tert-OH is 1. The van der Waals surface area contributed by atoms with Crippen molar-refractivity contribution in [1.82, 2.24) is 5.32 Å². The molecule has 1 aliphatic heterocycles. The van der Waals surface area contributed by atoms with Gasteiger partial charge in [0.05, 0.1) is 19.8 Å². The molecule has 5 aromatic carbocycles. The molecule has 1 aliphatic carbocycles. The first-order valence-electron chi connectivity index (χ1n) is 16.4. The Morgan fingerprint density at radius 3 is 2.32 bits per heavy atom. The van der Waals surface area contributed by atoms with Crippen LogP contribution in [0.3, 0.4) is 0 Å². The number of hydrogen-bond donors (Lipinski definition) is 2. The second-order valence-corrected chi connectivity index (χ2v) is 12.1. The highest BCUT2D eigenvalue weighted by molar-refractivity contribution is 6.01. The molecule has 0 radical (unpaired) electrons. The number of carbonyl (C=O) groups excluding carboxylic acids is 1. The lowest BCUT2D eigenvalue weighted by atomic mass is 9.81. The Balaban J connectivity index is 1.37. The minimum absolute atomic E-state index is 0.0410. The Labute approximate surface area is 289 Å². The Kier molecular flexibility index (Phi) is 9.20. The van der Waals surface area contributed by atoms with Crippen LogP contribution in [0, 0.1) is 0 Å². The van der Waals surface area contributed by atoms with Crippen molar-refractivity contribution in [2.24, 2.45) is 10.1 Å². The summed E-state index contributed by atoms with van der Waals surface area (Å²) in [7, 11) is 1.59. The number of benzene rings is 5. The number of nitrogens with zero attached hydrogens (tertiary/aromatic N) is 4. The maximum atomic E-state index is 15.3. The van der Waals surface area contributed by atoms with Crippen molar-refractivity contribution >= 4 is 17.5 Å². The van der Waals surface area contributed by atoms with E-state index in [0.29, 0.717) is 46.9 Å². The fourth-order valence-corrected chi connectivity index (χ4v) is 6.75. The lowest BCUT2D eigenvalue weighted by Crippen LogP contribution is -2.50. The number of methoxy groups -OCH3 is 1. The molecule has 0 aromatic heterocycles. The monoisotopic (exact) mass is 665 g/mol. The summed E-state index contributed by atoms with van der Waals surface area (Å²) in [5, 5.41) is 16.5. The summed E-state index contributed by atoms with van der Waals surface area (Å²) in [5.74, 6) is 1.17. The minimum atomic E-state index is -1.55. The molecule has 10 nitrogen and oxygen atoms in total. The van der Waals surface area contributed by atoms with E-state index in [-0.39, 0.29) is 24.8 Å². The molecular weight excluding hydrogens is 630 g/mol. The van der Waals surface area contributed by atoms with Crippen LogP contribution in [0.15, 0.2) is 131 Å². The van der Waals surface area contributed by atoms with Crippen molar-refractivity contribution < 1.29 is 24.1 Å². The fraction of sp³-hybridized carbons (Fsp3) is 0.200. The van der Waals surface area contributed by atoms with Crippen LogP contribution < -0.4 is 14.8 Å². The highest BCUT2D eigenvalue weighted by Gasteiger charge is 2.54. The maximum absolute atomic E-state index is 15.3. The zero-order chi connectivity index (χ0) is 34.5. The molecule has 0 unspecified atom stereocenters. The molecule has 0 saturated heterocycles. The smallest absolute Gasteiger partial charge is 0.253 e. The molecule has 2 aliphatic rings. The van der Waals surface area contributed by atoms with E-state index in [4.69, 9.17) is 24.3 Å². The Morgan fingerprint density at radius 1 is 0.920 bits per heavy atom. The second kappa shape index (κ2) is 14.2. The third-order valence-corrected chi connectivity index (χ3v) is 9.14. The summed E-state index contributed by atoms with van der Waals surface area (Å²) >= 11 is 0. The van der Waals surface area contributed by atoms with E-state index in [1.54, 1.807) is 19.2 Å². The number of azide groups is 1. The minimum Gasteiger partial charge on any atom is -0.497 e. The van der Waals surface area contributed by atoms with E-state index in [0.717, 1.165) is 22.3 Å². The van der Waals surface area contributed by atoms with E-state index in [1.165, 1.54) is 0 Å². The van der Waals surface area contributed by atoms with Gasteiger partial charge in [0.25, 0.3) is 5.91 Å². The van der Waals surface area contributed by atoms with Gasteiger partial charge in [0, 0.05) is 35.6 Å². The van der Waals surface area contributed by atoms with Crippen LogP contribution in [0.5, 0.6) is 11.5 Å². The first kappa shape index (κ1) is 32.5. The van der Waals surface area contributed by atoms with Crippen molar-refractivity contribution in [3.05, 3.63) is 160 Å². The molecule has 7 rings (SSSR count). The van der Waals surface area contributed by atoms with Crippen LogP contribution in [-0.2, 0) is 16.0 Å². The number of rotatable bonds is 12. The topological polar surface area (TPSA) is 138 Å². The second-order valence-electron chi connectivity index (χ2n) is 12.1. The van der Waals surface area contributed by atoms with Gasteiger partial charge in [-0.3, -0.25) is 4.79 Å². The number of aliphatic hydroxyl groups is 1. The van der Waals surface area contributed by atoms with Gasteiger partial charge in [-0.2, -0.15) is 0 Å². The number of hydrogen-bond acceptors (Lipinski definition) is 7. The molecule has 250 valence electrons. The van der Waals surface area contributed by atoms with Gasteiger partial charge in [-0.05, 0) is 75.3 Å². The normalized spacial score (nSPS) is 17.5. The summed E-state index contributed by atoms with van der Waals surface area (Å²) < 4.78 is 18.1. The molecule has 5 aromatic rings. The van der Waals surface area contributed by atoms with Gasteiger partial charge < -0.3 is 24.6 Å². The molecule has 0 bridgehead atoms. The van der Waals surface area contributed by atoms with E-state index >= 15 is 4.79 Å². The summed E-state index contributed by atoms with van der Waals surface area (Å²) in [4.78, 5) is 23.5. The van der Waals surface area contributed by atoms with Gasteiger partial charge in [-0.25, -0.2) is 4.99 Å². The van der Waals surface area contributed by atoms with Crippen molar-refractivity contribution in [1.29, 1.82) is 0 Å². The van der Waals surface area contributed by atoms with Crippen LogP contribution >= 0.6 is 0 Å². The highest BCUT2D eigenvalue weighted by atomic mass is 16.5. The molecule has 50 heavy (non-hydrogen) atoms. The third kappa shape index (κ3) is 6.14. The number of carbonyl (C=O) groups is 1. The van der Waals surface area contributed by atoms with Gasteiger partial charge in [0.1, 0.15) is 11.5 Å².